The summed E-state index contributed by atoms with van der Waals surface area (Å²) in [5.41, 5.74) is 4.59. The molecule has 2 aliphatic rings. The van der Waals surface area contributed by atoms with Gasteiger partial charge < -0.3 is 26.2 Å². The second-order valence-electron chi connectivity index (χ2n) is 7.70. The number of urea groups is 1. The number of aromatic nitrogens is 3. The molecule has 0 saturated carbocycles. The van der Waals surface area contributed by atoms with Gasteiger partial charge in [0.25, 0.3) is 17.5 Å². The highest BCUT2D eigenvalue weighted by atomic mass is 32.2. The van der Waals surface area contributed by atoms with Gasteiger partial charge in [-0.1, -0.05) is 24.8 Å². The van der Waals surface area contributed by atoms with Gasteiger partial charge in [-0.05, 0) is 23.4 Å². The van der Waals surface area contributed by atoms with Crippen molar-refractivity contribution in [1.29, 1.82) is 0 Å². The Labute approximate surface area is 217 Å². The van der Waals surface area contributed by atoms with Crippen molar-refractivity contribution >= 4 is 58.7 Å². The Kier molecular flexibility index (Phi) is 7.58. The van der Waals surface area contributed by atoms with Gasteiger partial charge in [-0.2, -0.15) is 10.3 Å². The van der Waals surface area contributed by atoms with E-state index in [0.717, 1.165) is 10.6 Å². The molecule has 6 N–H and O–H groups in total. The van der Waals surface area contributed by atoms with Gasteiger partial charge in [-0.25, -0.2) is 9.59 Å². The number of amides is 4. The number of thiophene rings is 1. The summed E-state index contributed by atoms with van der Waals surface area (Å²) in [6, 6.07) is 1.28. The molecule has 4 heterocycles. The van der Waals surface area contributed by atoms with E-state index in [1.165, 1.54) is 42.0 Å². The average molecular weight is 554 g/mol. The number of aliphatic carboxylic acids is 1. The molecule has 2 unspecified atom stereocenters. The van der Waals surface area contributed by atoms with E-state index in [1.54, 1.807) is 17.5 Å². The highest BCUT2D eigenvalue weighted by Gasteiger charge is 2.67. The molecule has 1 saturated heterocycles. The van der Waals surface area contributed by atoms with Gasteiger partial charge in [0.1, 0.15) is 22.1 Å². The highest BCUT2D eigenvalue weighted by Crippen LogP contribution is 2.47. The number of hydrogen-bond donors (Lipinski definition) is 5. The first-order chi connectivity index (χ1) is 17.2. The first-order valence-electron chi connectivity index (χ1n) is 10.6. The zero-order valence-corrected chi connectivity index (χ0v) is 21.6. The quantitative estimate of drug-likeness (QED) is 0.158. The molecular weight excluding hydrogens is 530 g/mol. The van der Waals surface area contributed by atoms with Crippen LogP contribution in [0, 0.1) is 0 Å². The fraction of sp³-hybridized carbons (Fsp3) is 0.400. The second-order valence-corrected chi connectivity index (χ2v) is 10.7. The number of hydrogen-bond acceptors (Lipinski definition) is 10. The van der Waals surface area contributed by atoms with Gasteiger partial charge in [0.2, 0.25) is 0 Å². The van der Waals surface area contributed by atoms with Crippen LogP contribution in [0.4, 0.5) is 4.79 Å². The number of fused-ring (bicyclic) bond motifs is 1. The molecule has 1 fully saturated rings. The predicted octanol–water partition coefficient (Wildman–Crippen LogP) is 0.643. The summed E-state index contributed by atoms with van der Waals surface area (Å²) in [5.74, 6) is -2.12. The Morgan fingerprint density at radius 3 is 2.83 bits per heavy atom. The molecular formula is C20H23N7O6S3. The SMILES string of the molecule is CCc1n[nH]nc1SCC1=C(C(=O)O)N2C(=O)[C@@](NC(=O)C(NC(N)=O)c3cccs3)(OC)C2SC1. The third-order valence-electron chi connectivity index (χ3n) is 5.62. The van der Waals surface area contributed by atoms with Crippen molar-refractivity contribution in [2.24, 2.45) is 5.73 Å². The van der Waals surface area contributed by atoms with Crippen LogP contribution < -0.4 is 16.4 Å². The van der Waals surface area contributed by atoms with Crippen LogP contribution in [0.3, 0.4) is 0 Å². The number of carbonyl (C=O) groups excluding carboxylic acids is 3. The Bertz CT molecular complexity index is 1220. The van der Waals surface area contributed by atoms with Crippen LogP contribution in [0.25, 0.3) is 0 Å². The van der Waals surface area contributed by atoms with E-state index in [0.29, 0.717) is 27.6 Å². The molecule has 2 aliphatic heterocycles. The number of primary amides is 1. The standard InChI is InChI=1S/C20H23N7O6S3/c1-3-10-15(25-26-24-10)35-7-9-8-36-18-20(33-2,17(31)27(18)13(9)16(29)30)23-14(28)12(22-19(21)32)11-5-4-6-34-11/h4-6,12,18H,3,7-8H2,1-2H3,(H,23,28)(H,29,30)(H3,21,22,32)(H,24,25,26)/t12?,18?,20-/m1/s1. The van der Waals surface area contributed by atoms with Crippen LogP contribution in [-0.2, 0) is 25.5 Å². The van der Waals surface area contributed by atoms with Gasteiger partial charge in [-0.15, -0.1) is 28.2 Å². The molecule has 0 aliphatic carbocycles. The molecule has 192 valence electrons. The van der Waals surface area contributed by atoms with Gasteiger partial charge in [0.05, 0.1) is 5.69 Å². The fourth-order valence-corrected chi connectivity index (χ4v) is 7.27. The predicted molar refractivity (Wildman–Crippen MR) is 132 cm³/mol. The lowest BCUT2D eigenvalue weighted by Gasteiger charge is -2.56. The number of carboxylic acid groups (broad SMARTS) is 1. The topological polar surface area (TPSA) is 193 Å². The molecule has 4 rings (SSSR count). The Morgan fingerprint density at radius 1 is 1.44 bits per heavy atom. The molecule has 2 aromatic heterocycles. The molecule has 0 aromatic carbocycles. The number of aromatic amines is 1. The molecule has 0 spiro atoms. The number of β-lactam (4-membered cyclic amide) rings is 1. The monoisotopic (exact) mass is 553 g/mol. The van der Waals surface area contributed by atoms with Crippen molar-refractivity contribution in [2.75, 3.05) is 18.6 Å². The number of rotatable bonds is 10. The summed E-state index contributed by atoms with van der Waals surface area (Å²) in [6.07, 6.45) is 0.665. The number of ether oxygens (including phenoxy) is 1. The largest absolute Gasteiger partial charge is 0.477 e. The number of nitrogens with two attached hydrogens (primary N) is 1. The van der Waals surface area contributed by atoms with E-state index < -0.39 is 41.0 Å². The summed E-state index contributed by atoms with van der Waals surface area (Å²) in [7, 11) is 1.25. The number of H-pyrrole nitrogens is 1. The van der Waals surface area contributed by atoms with Crippen molar-refractivity contribution < 1.29 is 29.0 Å². The number of carbonyl (C=O) groups is 4. The maximum Gasteiger partial charge on any atom is 0.352 e. The maximum atomic E-state index is 13.3. The molecule has 2 aromatic rings. The zero-order chi connectivity index (χ0) is 26.0. The highest BCUT2D eigenvalue weighted by molar-refractivity contribution is 8.01. The van der Waals surface area contributed by atoms with Gasteiger partial charge in [0, 0.05) is 23.5 Å². The third-order valence-corrected chi connectivity index (χ3v) is 9.03. The van der Waals surface area contributed by atoms with Gasteiger partial charge in [0.15, 0.2) is 0 Å². The first-order valence-corrected chi connectivity index (χ1v) is 13.5. The molecule has 3 atom stereocenters. The second kappa shape index (κ2) is 10.5. The number of nitrogens with one attached hydrogen (secondary N) is 3. The molecule has 13 nitrogen and oxygen atoms in total. The minimum absolute atomic E-state index is 0.148. The smallest absolute Gasteiger partial charge is 0.352 e. The van der Waals surface area contributed by atoms with Crippen LogP contribution in [-0.4, -0.2) is 78.9 Å². The lowest BCUT2D eigenvalue weighted by molar-refractivity contribution is -0.192. The fourth-order valence-electron chi connectivity index (χ4n) is 3.92. The van der Waals surface area contributed by atoms with E-state index in [9.17, 15) is 24.3 Å². The lowest BCUT2D eigenvalue weighted by Crippen LogP contribution is -2.81. The molecule has 36 heavy (non-hydrogen) atoms. The zero-order valence-electron chi connectivity index (χ0n) is 19.1. The summed E-state index contributed by atoms with van der Waals surface area (Å²) < 4.78 is 5.48. The van der Waals surface area contributed by atoms with Crippen LogP contribution in [0.2, 0.25) is 0 Å². The normalized spacial score (nSPS) is 22.0. The van der Waals surface area contributed by atoms with Gasteiger partial charge in [-0.3, -0.25) is 14.5 Å². The minimum atomic E-state index is -1.81. The maximum absolute atomic E-state index is 13.3. The third kappa shape index (κ3) is 4.56. The summed E-state index contributed by atoms with van der Waals surface area (Å²) >= 11 is 3.82. The van der Waals surface area contributed by atoms with Crippen molar-refractivity contribution in [3.63, 3.8) is 0 Å². The lowest BCUT2D eigenvalue weighted by atomic mass is 9.97. The number of thioether (sulfide) groups is 2. The summed E-state index contributed by atoms with van der Waals surface area (Å²) in [6.45, 7) is 1.93. The van der Waals surface area contributed by atoms with E-state index in [4.69, 9.17) is 10.5 Å². The molecule has 0 bridgehead atoms. The molecule has 4 amide bonds. The number of aryl methyl sites for hydroxylation is 1. The van der Waals surface area contributed by atoms with Crippen LogP contribution in [0.1, 0.15) is 23.5 Å². The average Bonchev–Trinajstić information content (AvgIpc) is 3.55. The van der Waals surface area contributed by atoms with E-state index >= 15 is 0 Å². The summed E-state index contributed by atoms with van der Waals surface area (Å²) in [5, 5.41) is 27.2. The Morgan fingerprint density at radius 2 is 2.22 bits per heavy atom. The summed E-state index contributed by atoms with van der Waals surface area (Å²) in [4.78, 5) is 51.8. The molecule has 0 radical (unpaired) electrons. The van der Waals surface area contributed by atoms with E-state index in [-0.39, 0.29) is 11.4 Å². The van der Waals surface area contributed by atoms with Crippen LogP contribution in [0.5, 0.6) is 0 Å². The van der Waals surface area contributed by atoms with Crippen molar-refractivity contribution in [3.05, 3.63) is 39.4 Å². The van der Waals surface area contributed by atoms with Crippen molar-refractivity contribution in [2.45, 2.75) is 35.5 Å². The number of nitrogens with zero attached hydrogens (tertiary/aromatic N) is 3. The van der Waals surface area contributed by atoms with Crippen LogP contribution in [0.15, 0.2) is 33.8 Å². The van der Waals surface area contributed by atoms with Crippen molar-refractivity contribution in [3.8, 4) is 0 Å². The van der Waals surface area contributed by atoms with E-state index in [2.05, 4.69) is 26.0 Å². The van der Waals surface area contributed by atoms with Gasteiger partial charge >= 0.3 is 12.0 Å². The number of methoxy groups -OCH3 is 1. The van der Waals surface area contributed by atoms with Crippen LogP contribution >= 0.6 is 34.9 Å². The minimum Gasteiger partial charge on any atom is -0.477 e. The van der Waals surface area contributed by atoms with E-state index in [1.807, 2.05) is 6.92 Å². The number of carboxylic acids is 1. The van der Waals surface area contributed by atoms with Crippen molar-refractivity contribution in [1.82, 2.24) is 30.9 Å². The molecule has 16 heteroatoms. The first kappa shape index (κ1) is 26.0. The Balaban J connectivity index is 1.56. The Hall–Kier alpha value is -3.08.